The van der Waals surface area contributed by atoms with E-state index < -0.39 is 6.10 Å². The van der Waals surface area contributed by atoms with E-state index in [0.29, 0.717) is 6.54 Å². The van der Waals surface area contributed by atoms with Crippen LogP contribution in [0.15, 0.2) is 30.3 Å². The van der Waals surface area contributed by atoms with E-state index in [2.05, 4.69) is 5.32 Å². The normalized spacial score (nSPS) is 18.9. The number of hydrogen-bond acceptors (Lipinski definition) is 2. The Balaban J connectivity index is 1.79. The van der Waals surface area contributed by atoms with Crippen molar-refractivity contribution in [3.05, 3.63) is 35.9 Å². The molecule has 1 aromatic rings. The Morgan fingerprint density at radius 2 is 1.70 bits per heavy atom. The quantitative estimate of drug-likeness (QED) is 0.886. The number of amides is 1. The van der Waals surface area contributed by atoms with Crippen LogP contribution in [0.5, 0.6) is 0 Å². The number of hydrogen-bond donors (Lipinski definition) is 2. The maximum atomic E-state index is 12.2. The van der Waals surface area contributed by atoms with Crippen LogP contribution in [-0.4, -0.2) is 17.6 Å². The molecule has 3 heteroatoms. The maximum absolute atomic E-state index is 12.2. The summed E-state index contributed by atoms with van der Waals surface area (Å²) < 4.78 is 0. The SMILES string of the molecule is O=C(NCC(O)c1ccccc1)C1CCCCCCC1. The molecule has 1 aromatic carbocycles. The van der Waals surface area contributed by atoms with Gasteiger partial charge in [-0.15, -0.1) is 0 Å². The van der Waals surface area contributed by atoms with Crippen molar-refractivity contribution in [2.24, 2.45) is 5.92 Å². The average molecular weight is 275 g/mol. The Bertz CT molecular complexity index is 397. The average Bonchev–Trinajstić information content (AvgIpc) is 2.45. The van der Waals surface area contributed by atoms with Gasteiger partial charge in [0.1, 0.15) is 0 Å². The van der Waals surface area contributed by atoms with Gasteiger partial charge in [-0.3, -0.25) is 4.79 Å². The highest BCUT2D eigenvalue weighted by atomic mass is 16.3. The fraction of sp³-hybridized carbons (Fsp3) is 0.588. The zero-order chi connectivity index (χ0) is 14.2. The molecule has 0 aliphatic heterocycles. The molecule has 1 unspecified atom stereocenters. The first-order chi connectivity index (χ1) is 9.77. The van der Waals surface area contributed by atoms with Crippen molar-refractivity contribution in [1.29, 1.82) is 0 Å². The standard InChI is InChI=1S/C17H25NO2/c19-16(14-9-7-4-8-10-14)13-18-17(20)15-11-5-2-1-3-6-12-15/h4,7-10,15-16,19H,1-3,5-6,11-13H2,(H,18,20). The smallest absolute Gasteiger partial charge is 0.223 e. The predicted molar refractivity (Wildman–Crippen MR) is 80.2 cm³/mol. The molecule has 0 spiro atoms. The minimum absolute atomic E-state index is 0.113. The van der Waals surface area contributed by atoms with Crippen LogP contribution in [0, 0.1) is 5.92 Å². The van der Waals surface area contributed by atoms with Gasteiger partial charge < -0.3 is 10.4 Å². The zero-order valence-corrected chi connectivity index (χ0v) is 12.1. The highest BCUT2D eigenvalue weighted by Gasteiger charge is 2.20. The lowest BCUT2D eigenvalue weighted by Gasteiger charge is -2.20. The summed E-state index contributed by atoms with van der Waals surface area (Å²) in [5.41, 5.74) is 0.852. The molecule has 0 saturated heterocycles. The molecule has 1 aliphatic carbocycles. The Labute approximate surface area is 121 Å². The van der Waals surface area contributed by atoms with Gasteiger partial charge in [0.25, 0.3) is 0 Å². The van der Waals surface area contributed by atoms with Gasteiger partial charge in [-0.2, -0.15) is 0 Å². The minimum atomic E-state index is -0.617. The van der Waals surface area contributed by atoms with Gasteiger partial charge in [-0.25, -0.2) is 0 Å². The Kier molecular flexibility index (Phi) is 6.06. The molecule has 0 bridgehead atoms. The number of benzene rings is 1. The van der Waals surface area contributed by atoms with Crippen molar-refractivity contribution in [3.63, 3.8) is 0 Å². The highest BCUT2D eigenvalue weighted by Crippen LogP contribution is 2.22. The molecule has 1 amide bonds. The lowest BCUT2D eigenvalue weighted by Crippen LogP contribution is -2.34. The molecular formula is C17H25NO2. The molecule has 2 rings (SSSR count). The van der Waals surface area contributed by atoms with Crippen molar-refractivity contribution in [2.75, 3.05) is 6.54 Å². The van der Waals surface area contributed by atoms with Gasteiger partial charge in [0.2, 0.25) is 5.91 Å². The predicted octanol–water partition coefficient (Wildman–Crippen LogP) is 3.20. The van der Waals surface area contributed by atoms with Gasteiger partial charge in [-0.05, 0) is 18.4 Å². The van der Waals surface area contributed by atoms with E-state index >= 15 is 0 Å². The summed E-state index contributed by atoms with van der Waals surface area (Å²) in [4.78, 5) is 12.2. The Hall–Kier alpha value is -1.35. The van der Waals surface area contributed by atoms with Crippen LogP contribution in [0.4, 0.5) is 0 Å². The van der Waals surface area contributed by atoms with Gasteiger partial charge in [-0.1, -0.05) is 62.4 Å². The Morgan fingerprint density at radius 3 is 2.35 bits per heavy atom. The van der Waals surface area contributed by atoms with E-state index in [-0.39, 0.29) is 11.8 Å². The molecule has 0 radical (unpaired) electrons. The van der Waals surface area contributed by atoms with Crippen molar-refractivity contribution in [2.45, 2.75) is 51.0 Å². The monoisotopic (exact) mass is 275 g/mol. The van der Waals surface area contributed by atoms with E-state index in [1.807, 2.05) is 30.3 Å². The largest absolute Gasteiger partial charge is 0.387 e. The van der Waals surface area contributed by atoms with Crippen LogP contribution in [0.3, 0.4) is 0 Å². The minimum Gasteiger partial charge on any atom is -0.387 e. The van der Waals surface area contributed by atoms with E-state index in [1.165, 1.54) is 19.3 Å². The number of rotatable bonds is 4. The van der Waals surface area contributed by atoms with Crippen LogP contribution in [0.25, 0.3) is 0 Å². The zero-order valence-electron chi connectivity index (χ0n) is 12.1. The van der Waals surface area contributed by atoms with E-state index in [0.717, 1.165) is 31.2 Å². The summed E-state index contributed by atoms with van der Waals surface area (Å²) in [5.74, 6) is 0.250. The maximum Gasteiger partial charge on any atom is 0.223 e. The molecule has 110 valence electrons. The van der Waals surface area contributed by atoms with Gasteiger partial charge in [0.15, 0.2) is 0 Å². The van der Waals surface area contributed by atoms with Gasteiger partial charge in [0, 0.05) is 12.5 Å². The molecule has 1 fully saturated rings. The number of carbonyl (C=O) groups excluding carboxylic acids is 1. The summed E-state index contributed by atoms with van der Waals surface area (Å²) in [7, 11) is 0. The van der Waals surface area contributed by atoms with E-state index in [9.17, 15) is 9.90 Å². The van der Waals surface area contributed by atoms with Crippen molar-refractivity contribution >= 4 is 5.91 Å². The third-order valence-electron chi connectivity index (χ3n) is 4.13. The summed E-state index contributed by atoms with van der Waals surface area (Å²) in [6.07, 6.45) is 7.47. The van der Waals surface area contributed by atoms with Gasteiger partial charge in [0.05, 0.1) is 6.10 Å². The molecule has 20 heavy (non-hydrogen) atoms. The Morgan fingerprint density at radius 1 is 1.10 bits per heavy atom. The van der Waals surface area contributed by atoms with Crippen LogP contribution >= 0.6 is 0 Å². The third-order valence-corrected chi connectivity index (χ3v) is 4.13. The number of nitrogens with one attached hydrogen (secondary N) is 1. The number of aliphatic hydroxyl groups excluding tert-OH is 1. The topological polar surface area (TPSA) is 49.3 Å². The lowest BCUT2D eigenvalue weighted by atomic mass is 9.90. The van der Waals surface area contributed by atoms with E-state index in [4.69, 9.17) is 0 Å². The second-order valence-electron chi connectivity index (χ2n) is 5.71. The molecule has 2 N–H and O–H groups in total. The first-order valence-corrected chi connectivity index (χ1v) is 7.78. The molecule has 3 nitrogen and oxygen atoms in total. The summed E-state index contributed by atoms with van der Waals surface area (Å²) >= 11 is 0. The fourth-order valence-corrected chi connectivity index (χ4v) is 2.85. The van der Waals surface area contributed by atoms with Crippen LogP contribution in [0.2, 0.25) is 0 Å². The molecular weight excluding hydrogens is 250 g/mol. The van der Waals surface area contributed by atoms with Crippen molar-refractivity contribution in [3.8, 4) is 0 Å². The molecule has 1 saturated carbocycles. The highest BCUT2D eigenvalue weighted by molar-refractivity contribution is 5.78. The van der Waals surface area contributed by atoms with Crippen LogP contribution in [0.1, 0.15) is 56.6 Å². The van der Waals surface area contributed by atoms with Crippen LogP contribution < -0.4 is 5.32 Å². The fourth-order valence-electron chi connectivity index (χ4n) is 2.85. The summed E-state index contributed by atoms with van der Waals surface area (Å²) in [5, 5.41) is 13.0. The summed E-state index contributed by atoms with van der Waals surface area (Å²) in [6.45, 7) is 0.305. The summed E-state index contributed by atoms with van der Waals surface area (Å²) in [6, 6.07) is 9.48. The molecule has 1 atom stereocenters. The van der Waals surface area contributed by atoms with Crippen LogP contribution in [-0.2, 0) is 4.79 Å². The first kappa shape index (κ1) is 15.0. The van der Waals surface area contributed by atoms with Crippen molar-refractivity contribution < 1.29 is 9.90 Å². The first-order valence-electron chi connectivity index (χ1n) is 7.78. The number of aliphatic hydroxyl groups is 1. The second-order valence-corrected chi connectivity index (χ2v) is 5.71. The third kappa shape index (κ3) is 4.64. The molecule has 0 aromatic heterocycles. The van der Waals surface area contributed by atoms with Crippen molar-refractivity contribution in [1.82, 2.24) is 5.32 Å². The van der Waals surface area contributed by atoms with Gasteiger partial charge >= 0.3 is 0 Å². The second kappa shape index (κ2) is 8.05. The van der Waals surface area contributed by atoms with E-state index in [1.54, 1.807) is 0 Å². The molecule has 0 heterocycles. The lowest BCUT2D eigenvalue weighted by molar-refractivity contribution is -0.126. The molecule has 1 aliphatic rings. The number of carbonyl (C=O) groups is 1.